The molecule has 5 heteroatoms. The van der Waals surface area contributed by atoms with Gasteiger partial charge in [-0.05, 0) is 29.8 Å². The summed E-state index contributed by atoms with van der Waals surface area (Å²) in [5.74, 6) is 1.06. The highest BCUT2D eigenvalue weighted by Gasteiger charge is 2.21. The lowest BCUT2D eigenvalue weighted by Crippen LogP contribution is -2.49. The minimum absolute atomic E-state index is 0.206. The Morgan fingerprint density at radius 3 is 2.27 bits per heavy atom. The van der Waals surface area contributed by atoms with Crippen molar-refractivity contribution in [2.45, 2.75) is 6.42 Å². The molecule has 0 bridgehead atoms. The van der Waals surface area contributed by atoms with Crippen molar-refractivity contribution in [1.29, 1.82) is 0 Å². The quantitative estimate of drug-likeness (QED) is 0.717. The van der Waals surface area contributed by atoms with Gasteiger partial charge in [0.1, 0.15) is 12.4 Å². The van der Waals surface area contributed by atoms with Crippen molar-refractivity contribution in [2.75, 3.05) is 51.4 Å². The highest BCUT2D eigenvalue weighted by molar-refractivity contribution is 5.79. The minimum atomic E-state index is 0.206. The van der Waals surface area contributed by atoms with E-state index >= 15 is 0 Å². The van der Waals surface area contributed by atoms with Crippen LogP contribution in [0.5, 0.6) is 5.75 Å². The van der Waals surface area contributed by atoms with E-state index in [-0.39, 0.29) is 5.91 Å². The fourth-order valence-electron chi connectivity index (χ4n) is 3.09. The Hall–Kier alpha value is -2.53. The molecular formula is C21H26N2O3. The minimum Gasteiger partial charge on any atom is -0.491 e. The van der Waals surface area contributed by atoms with E-state index in [2.05, 4.69) is 17.0 Å². The molecule has 26 heavy (non-hydrogen) atoms. The maximum absolute atomic E-state index is 12.5. The number of rotatable bonds is 7. The number of carbonyl (C=O) groups excluding carboxylic acids is 1. The Balaban J connectivity index is 1.48. The highest BCUT2D eigenvalue weighted by Crippen LogP contribution is 2.21. The average molecular weight is 354 g/mol. The van der Waals surface area contributed by atoms with Gasteiger partial charge >= 0.3 is 0 Å². The number of ether oxygens (including phenoxy) is 2. The maximum Gasteiger partial charge on any atom is 0.227 e. The van der Waals surface area contributed by atoms with E-state index in [1.807, 2.05) is 47.4 Å². The van der Waals surface area contributed by atoms with Gasteiger partial charge in [0.05, 0.1) is 13.0 Å². The molecule has 0 unspecified atom stereocenters. The topological polar surface area (TPSA) is 42.0 Å². The fourth-order valence-corrected chi connectivity index (χ4v) is 3.09. The van der Waals surface area contributed by atoms with Crippen LogP contribution in [-0.4, -0.2) is 57.3 Å². The lowest BCUT2D eigenvalue weighted by Gasteiger charge is -2.36. The molecule has 1 heterocycles. The Labute approximate surface area is 155 Å². The zero-order chi connectivity index (χ0) is 18.2. The number of hydrogen-bond donors (Lipinski definition) is 0. The van der Waals surface area contributed by atoms with Crippen LogP contribution >= 0.6 is 0 Å². The van der Waals surface area contributed by atoms with Crippen LogP contribution in [0.3, 0.4) is 0 Å². The Morgan fingerprint density at radius 2 is 1.62 bits per heavy atom. The van der Waals surface area contributed by atoms with Gasteiger partial charge in [-0.2, -0.15) is 0 Å². The zero-order valence-corrected chi connectivity index (χ0v) is 15.3. The molecule has 0 atom stereocenters. The van der Waals surface area contributed by atoms with E-state index in [4.69, 9.17) is 9.47 Å². The van der Waals surface area contributed by atoms with Crippen molar-refractivity contribution in [3.05, 3.63) is 60.2 Å². The molecule has 0 saturated carbocycles. The summed E-state index contributed by atoms with van der Waals surface area (Å²) >= 11 is 0. The third-order valence-electron chi connectivity index (χ3n) is 4.59. The van der Waals surface area contributed by atoms with E-state index < -0.39 is 0 Å². The molecule has 0 spiro atoms. The fraction of sp³-hybridized carbons (Fsp3) is 0.381. The number of anilines is 1. The summed E-state index contributed by atoms with van der Waals surface area (Å²) in [6.45, 7) is 4.36. The number of hydrogen-bond acceptors (Lipinski definition) is 4. The standard InChI is InChI=1S/C21H26N2O3/c1-25-15-16-26-20-9-7-19(8-10-20)22-11-13-23(14-12-22)21(24)17-18-5-3-2-4-6-18/h2-10H,11-17H2,1H3. The summed E-state index contributed by atoms with van der Waals surface area (Å²) in [5, 5.41) is 0. The largest absolute Gasteiger partial charge is 0.491 e. The van der Waals surface area contributed by atoms with E-state index in [1.54, 1.807) is 7.11 Å². The van der Waals surface area contributed by atoms with Crippen LogP contribution in [0.1, 0.15) is 5.56 Å². The zero-order valence-electron chi connectivity index (χ0n) is 15.3. The van der Waals surface area contributed by atoms with Crippen LogP contribution < -0.4 is 9.64 Å². The molecule has 0 N–H and O–H groups in total. The summed E-state index contributed by atoms with van der Waals surface area (Å²) < 4.78 is 10.6. The molecule has 5 nitrogen and oxygen atoms in total. The molecule has 1 fully saturated rings. The van der Waals surface area contributed by atoms with Crippen molar-refractivity contribution in [1.82, 2.24) is 4.90 Å². The number of nitrogens with zero attached hydrogens (tertiary/aromatic N) is 2. The molecule has 0 radical (unpaired) electrons. The van der Waals surface area contributed by atoms with Gasteiger partial charge in [0.25, 0.3) is 0 Å². The number of methoxy groups -OCH3 is 1. The molecular weight excluding hydrogens is 328 g/mol. The maximum atomic E-state index is 12.5. The molecule has 1 aliphatic rings. The van der Waals surface area contributed by atoms with Gasteiger partial charge in [0.15, 0.2) is 0 Å². The van der Waals surface area contributed by atoms with E-state index in [1.165, 1.54) is 5.69 Å². The second kappa shape index (κ2) is 9.25. The predicted molar refractivity (Wildman–Crippen MR) is 103 cm³/mol. The lowest BCUT2D eigenvalue weighted by molar-refractivity contribution is -0.130. The van der Waals surface area contributed by atoms with Crippen molar-refractivity contribution in [3.63, 3.8) is 0 Å². The highest BCUT2D eigenvalue weighted by atomic mass is 16.5. The van der Waals surface area contributed by atoms with Gasteiger partial charge in [-0.25, -0.2) is 0 Å². The molecule has 1 saturated heterocycles. The van der Waals surface area contributed by atoms with E-state index in [9.17, 15) is 4.79 Å². The number of amides is 1. The SMILES string of the molecule is COCCOc1ccc(N2CCN(C(=O)Cc3ccccc3)CC2)cc1. The Morgan fingerprint density at radius 1 is 0.923 bits per heavy atom. The van der Waals surface area contributed by atoms with Crippen LogP contribution in [0.15, 0.2) is 54.6 Å². The monoisotopic (exact) mass is 354 g/mol. The summed E-state index contributed by atoms with van der Waals surface area (Å²) in [6, 6.07) is 18.0. The third kappa shape index (κ3) is 4.99. The molecule has 3 rings (SSSR count). The van der Waals surface area contributed by atoms with Gasteiger partial charge in [0.2, 0.25) is 5.91 Å². The molecule has 2 aromatic carbocycles. The van der Waals surface area contributed by atoms with Crippen LogP contribution in [0, 0.1) is 0 Å². The predicted octanol–water partition coefficient (Wildman–Crippen LogP) is 2.60. The van der Waals surface area contributed by atoms with Gasteiger partial charge in [-0.1, -0.05) is 30.3 Å². The van der Waals surface area contributed by atoms with Crippen molar-refractivity contribution < 1.29 is 14.3 Å². The summed E-state index contributed by atoms with van der Waals surface area (Å²) in [6.07, 6.45) is 0.481. The number of benzene rings is 2. The smallest absolute Gasteiger partial charge is 0.227 e. The molecule has 0 aromatic heterocycles. The lowest BCUT2D eigenvalue weighted by atomic mass is 10.1. The molecule has 2 aromatic rings. The Kier molecular flexibility index (Phi) is 6.50. The van der Waals surface area contributed by atoms with Crippen LogP contribution in [-0.2, 0) is 16.0 Å². The second-order valence-electron chi connectivity index (χ2n) is 6.37. The average Bonchev–Trinajstić information content (AvgIpc) is 2.70. The van der Waals surface area contributed by atoms with Crippen molar-refractivity contribution in [2.24, 2.45) is 0 Å². The number of carbonyl (C=O) groups is 1. The van der Waals surface area contributed by atoms with Crippen molar-refractivity contribution >= 4 is 11.6 Å². The van der Waals surface area contributed by atoms with Crippen LogP contribution in [0.25, 0.3) is 0 Å². The van der Waals surface area contributed by atoms with Crippen LogP contribution in [0.4, 0.5) is 5.69 Å². The first-order chi connectivity index (χ1) is 12.8. The second-order valence-corrected chi connectivity index (χ2v) is 6.37. The molecule has 138 valence electrons. The first kappa shape index (κ1) is 18.3. The molecule has 1 amide bonds. The van der Waals surface area contributed by atoms with Crippen molar-refractivity contribution in [3.8, 4) is 5.75 Å². The third-order valence-corrected chi connectivity index (χ3v) is 4.59. The number of piperazine rings is 1. The van der Waals surface area contributed by atoms with Gasteiger partial charge in [-0.15, -0.1) is 0 Å². The van der Waals surface area contributed by atoms with Gasteiger partial charge in [0, 0.05) is 39.0 Å². The first-order valence-electron chi connectivity index (χ1n) is 9.05. The van der Waals surface area contributed by atoms with E-state index in [0.717, 1.165) is 37.5 Å². The van der Waals surface area contributed by atoms with Gasteiger partial charge in [-0.3, -0.25) is 4.79 Å². The summed E-state index contributed by atoms with van der Waals surface area (Å²) in [4.78, 5) is 16.7. The van der Waals surface area contributed by atoms with Gasteiger partial charge < -0.3 is 19.3 Å². The first-order valence-corrected chi connectivity index (χ1v) is 9.05. The van der Waals surface area contributed by atoms with Crippen LogP contribution in [0.2, 0.25) is 0 Å². The summed E-state index contributed by atoms with van der Waals surface area (Å²) in [7, 11) is 1.66. The summed E-state index contributed by atoms with van der Waals surface area (Å²) in [5.41, 5.74) is 2.24. The molecule has 0 aliphatic carbocycles. The Bertz CT molecular complexity index is 680. The normalized spacial score (nSPS) is 14.3. The molecule has 1 aliphatic heterocycles. The van der Waals surface area contributed by atoms with E-state index in [0.29, 0.717) is 19.6 Å².